The quantitative estimate of drug-likeness (QED) is 0.836. The van der Waals surface area contributed by atoms with E-state index in [0.29, 0.717) is 30.2 Å². The summed E-state index contributed by atoms with van der Waals surface area (Å²) < 4.78 is 1.85. The van der Waals surface area contributed by atoms with E-state index in [0.717, 1.165) is 31.4 Å². The molecule has 2 aliphatic rings. The molecule has 0 spiro atoms. The Morgan fingerprint density at radius 2 is 2.18 bits per heavy atom. The number of amides is 1. The molecule has 6 nitrogen and oxygen atoms in total. The molecular weight excluding hydrogens is 352 g/mol. The number of hydrogen-bond donors (Lipinski definition) is 2. The number of hydrogen-bond acceptors (Lipinski definition) is 4. The van der Waals surface area contributed by atoms with E-state index < -0.39 is 0 Å². The van der Waals surface area contributed by atoms with Gasteiger partial charge in [-0.15, -0.1) is 0 Å². The third-order valence-electron chi connectivity index (χ3n) is 5.55. The Hall–Kier alpha value is -2.89. The predicted molar refractivity (Wildman–Crippen MR) is 112 cm³/mol. The van der Waals surface area contributed by atoms with Crippen LogP contribution in [0.15, 0.2) is 46.6 Å². The van der Waals surface area contributed by atoms with Crippen LogP contribution in [-0.4, -0.2) is 28.0 Å². The molecule has 4 rings (SSSR count). The summed E-state index contributed by atoms with van der Waals surface area (Å²) in [6.45, 7) is 4.93. The summed E-state index contributed by atoms with van der Waals surface area (Å²) in [5, 5.41) is 6.74. The van der Waals surface area contributed by atoms with Crippen molar-refractivity contribution in [3.05, 3.63) is 57.5 Å². The fraction of sp³-hybridized carbons (Fsp3) is 0.409. The van der Waals surface area contributed by atoms with Crippen molar-refractivity contribution in [3.63, 3.8) is 0 Å². The number of aromatic nitrogens is 2. The number of nitrogens with one attached hydrogen (secondary N) is 2. The highest BCUT2D eigenvalue weighted by Crippen LogP contribution is 2.35. The molecule has 0 aliphatic heterocycles. The van der Waals surface area contributed by atoms with Gasteiger partial charge in [0, 0.05) is 25.3 Å². The zero-order chi connectivity index (χ0) is 19.7. The molecule has 6 heteroatoms. The Bertz CT molecular complexity index is 1050. The van der Waals surface area contributed by atoms with Crippen LogP contribution in [0.3, 0.4) is 0 Å². The maximum Gasteiger partial charge on any atom is 0.256 e. The number of rotatable bonds is 5. The van der Waals surface area contributed by atoms with Gasteiger partial charge < -0.3 is 15.2 Å². The molecule has 28 heavy (non-hydrogen) atoms. The minimum absolute atomic E-state index is 0.165. The van der Waals surface area contributed by atoms with Crippen LogP contribution in [-0.2, 0) is 6.54 Å². The van der Waals surface area contributed by atoms with Crippen LogP contribution in [0.5, 0.6) is 0 Å². The molecule has 146 valence electrons. The van der Waals surface area contributed by atoms with E-state index in [9.17, 15) is 9.59 Å². The van der Waals surface area contributed by atoms with Gasteiger partial charge in [0.05, 0.1) is 17.3 Å². The van der Waals surface area contributed by atoms with E-state index >= 15 is 0 Å². The summed E-state index contributed by atoms with van der Waals surface area (Å²) in [5.74, 6) is -0.339. The molecule has 1 amide bonds. The van der Waals surface area contributed by atoms with Crippen molar-refractivity contribution in [1.29, 1.82) is 0 Å². The van der Waals surface area contributed by atoms with E-state index in [1.807, 2.05) is 24.5 Å². The Balaban J connectivity index is 1.66. The lowest BCUT2D eigenvalue weighted by atomic mass is 10.0. The Labute approximate surface area is 164 Å². The average Bonchev–Trinajstić information content (AvgIpc) is 3.11. The molecule has 0 saturated carbocycles. The number of carbonyl (C=O) groups excluding carboxylic acids is 1. The maximum absolute atomic E-state index is 12.9. The molecule has 2 aromatic heterocycles. The second kappa shape index (κ2) is 7.62. The van der Waals surface area contributed by atoms with E-state index in [2.05, 4.69) is 27.8 Å². The number of fused-ring (bicyclic) bond motifs is 1. The minimum atomic E-state index is -0.339. The highest BCUT2D eigenvalue weighted by molar-refractivity contribution is 5.97. The number of aryl methyl sites for hydroxylation is 1. The summed E-state index contributed by atoms with van der Waals surface area (Å²) in [4.78, 5) is 29.8. The Morgan fingerprint density at radius 1 is 1.32 bits per heavy atom. The first-order valence-corrected chi connectivity index (χ1v) is 10.1. The number of anilines is 1. The van der Waals surface area contributed by atoms with Crippen LogP contribution in [0.1, 0.15) is 49.9 Å². The molecule has 2 aromatic rings. The van der Waals surface area contributed by atoms with Gasteiger partial charge in [0.1, 0.15) is 11.2 Å². The zero-order valence-corrected chi connectivity index (χ0v) is 16.4. The molecule has 2 aliphatic carbocycles. The van der Waals surface area contributed by atoms with E-state index in [1.54, 1.807) is 18.0 Å². The van der Waals surface area contributed by atoms with Gasteiger partial charge in [-0.1, -0.05) is 17.7 Å². The van der Waals surface area contributed by atoms with Crippen LogP contribution >= 0.6 is 0 Å². The van der Waals surface area contributed by atoms with Gasteiger partial charge in [-0.3, -0.25) is 9.59 Å². The lowest BCUT2D eigenvalue weighted by Gasteiger charge is -2.16. The van der Waals surface area contributed by atoms with Crippen LogP contribution in [0.4, 0.5) is 5.69 Å². The van der Waals surface area contributed by atoms with E-state index in [-0.39, 0.29) is 16.9 Å². The van der Waals surface area contributed by atoms with Gasteiger partial charge in [0.15, 0.2) is 0 Å². The topological polar surface area (TPSA) is 76.0 Å². The van der Waals surface area contributed by atoms with Crippen LogP contribution in [0, 0.1) is 0 Å². The molecule has 2 heterocycles. The molecule has 0 saturated heterocycles. The molecule has 0 aromatic carbocycles. The minimum Gasteiger partial charge on any atom is -0.380 e. The predicted octanol–water partition coefficient (Wildman–Crippen LogP) is 3.39. The van der Waals surface area contributed by atoms with Crippen molar-refractivity contribution < 1.29 is 4.79 Å². The molecule has 1 atom stereocenters. The van der Waals surface area contributed by atoms with Crippen LogP contribution in [0.25, 0.3) is 11.0 Å². The fourth-order valence-electron chi connectivity index (χ4n) is 4.19. The number of carbonyl (C=O) groups is 1. The van der Waals surface area contributed by atoms with Crippen LogP contribution < -0.4 is 16.1 Å². The van der Waals surface area contributed by atoms with Gasteiger partial charge in [0.2, 0.25) is 5.43 Å². The summed E-state index contributed by atoms with van der Waals surface area (Å²) in [6.07, 6.45) is 12.2. The SMILES string of the molecule is CCNC(=O)c1cn(CC)c2ncc(NC3CC4=C(CCC=C4)C3)cc2c1=O. The largest absolute Gasteiger partial charge is 0.380 e. The normalized spacial score (nSPS) is 18.4. The maximum atomic E-state index is 12.9. The first-order chi connectivity index (χ1) is 13.6. The number of pyridine rings is 2. The molecule has 0 fully saturated rings. The van der Waals surface area contributed by atoms with Crippen molar-refractivity contribution in [3.8, 4) is 0 Å². The standard InChI is InChI=1S/C22H26N4O2/c1-3-23-22(28)19-13-26(4-2)21-18(20(19)27)11-17(12-24-21)25-16-9-14-7-5-6-8-15(14)10-16/h5,7,11-13,16,25H,3-4,6,8-10H2,1-2H3,(H,23,28). The second-order valence-corrected chi connectivity index (χ2v) is 7.43. The average molecular weight is 378 g/mol. The van der Waals surface area contributed by atoms with Crippen molar-refractivity contribution >= 4 is 22.6 Å². The van der Waals surface area contributed by atoms with Crippen molar-refractivity contribution in [2.24, 2.45) is 0 Å². The third-order valence-corrected chi connectivity index (χ3v) is 5.55. The molecule has 0 radical (unpaired) electrons. The van der Waals surface area contributed by atoms with Crippen molar-refractivity contribution in [1.82, 2.24) is 14.9 Å². The molecule has 0 bridgehead atoms. The van der Waals surface area contributed by atoms with Gasteiger partial charge in [-0.2, -0.15) is 0 Å². The third kappa shape index (κ3) is 3.35. The summed E-state index contributed by atoms with van der Waals surface area (Å²) in [5.41, 5.74) is 4.32. The van der Waals surface area contributed by atoms with Gasteiger partial charge in [-0.05, 0) is 51.2 Å². The number of nitrogens with zero attached hydrogens (tertiary/aromatic N) is 2. The first-order valence-electron chi connectivity index (χ1n) is 10.1. The monoisotopic (exact) mass is 378 g/mol. The zero-order valence-electron chi connectivity index (χ0n) is 16.4. The molecule has 1 unspecified atom stereocenters. The van der Waals surface area contributed by atoms with Gasteiger partial charge in [0.25, 0.3) is 5.91 Å². The number of allylic oxidation sites excluding steroid dienone is 2. The highest BCUT2D eigenvalue weighted by Gasteiger charge is 2.24. The molecular formula is C22H26N4O2. The summed E-state index contributed by atoms with van der Waals surface area (Å²) in [7, 11) is 0. The molecule has 2 N–H and O–H groups in total. The summed E-state index contributed by atoms with van der Waals surface area (Å²) in [6, 6.07) is 2.17. The van der Waals surface area contributed by atoms with Crippen molar-refractivity contribution in [2.45, 2.75) is 52.1 Å². The fourth-order valence-corrected chi connectivity index (χ4v) is 4.19. The smallest absolute Gasteiger partial charge is 0.256 e. The Kier molecular flexibility index (Phi) is 5.03. The first kappa shape index (κ1) is 18.5. The lowest BCUT2D eigenvalue weighted by molar-refractivity contribution is 0.0954. The second-order valence-electron chi connectivity index (χ2n) is 7.43. The van der Waals surface area contributed by atoms with Gasteiger partial charge >= 0.3 is 0 Å². The summed E-state index contributed by atoms with van der Waals surface area (Å²) >= 11 is 0. The van der Waals surface area contributed by atoms with Crippen LogP contribution in [0.2, 0.25) is 0 Å². The van der Waals surface area contributed by atoms with Crippen molar-refractivity contribution in [2.75, 3.05) is 11.9 Å². The Morgan fingerprint density at radius 3 is 2.93 bits per heavy atom. The highest BCUT2D eigenvalue weighted by atomic mass is 16.2. The van der Waals surface area contributed by atoms with E-state index in [1.165, 1.54) is 5.57 Å². The van der Waals surface area contributed by atoms with E-state index in [4.69, 9.17) is 0 Å². The van der Waals surface area contributed by atoms with Gasteiger partial charge in [-0.25, -0.2) is 4.98 Å². The lowest BCUT2D eigenvalue weighted by Crippen LogP contribution is -2.29.